The maximum atomic E-state index is 12.6. The van der Waals surface area contributed by atoms with Gasteiger partial charge in [0.25, 0.3) is 11.6 Å². The molecular formula is C15H10Cl2N4O3. The molecule has 3 rings (SSSR count). The van der Waals surface area contributed by atoms with Crippen LogP contribution in [0.25, 0.3) is 5.65 Å². The molecule has 0 unspecified atom stereocenters. The Balaban J connectivity index is 2.03. The number of nitrogens with one attached hydrogen (secondary N) is 1. The fraction of sp³-hybridized carbons (Fsp3) is 0.0667. The van der Waals surface area contributed by atoms with E-state index in [0.29, 0.717) is 16.4 Å². The number of carbonyl (C=O) groups is 1. The average molecular weight is 365 g/mol. The van der Waals surface area contributed by atoms with Crippen LogP contribution in [0.3, 0.4) is 0 Å². The zero-order valence-corrected chi connectivity index (χ0v) is 13.8. The van der Waals surface area contributed by atoms with Crippen molar-refractivity contribution in [2.24, 2.45) is 0 Å². The number of anilines is 1. The van der Waals surface area contributed by atoms with Crippen LogP contribution in [0, 0.1) is 17.0 Å². The second-order valence-corrected chi connectivity index (χ2v) is 5.86. The van der Waals surface area contributed by atoms with Crippen molar-refractivity contribution in [2.75, 3.05) is 5.32 Å². The van der Waals surface area contributed by atoms with E-state index in [1.807, 2.05) is 0 Å². The number of fused-ring (bicyclic) bond motifs is 1. The second-order valence-electron chi connectivity index (χ2n) is 4.99. The number of aryl methyl sites for hydroxylation is 1. The molecule has 0 radical (unpaired) electrons. The van der Waals surface area contributed by atoms with Crippen LogP contribution in [0.1, 0.15) is 16.2 Å². The summed E-state index contributed by atoms with van der Waals surface area (Å²) in [5.74, 6) is -0.521. The molecule has 0 aliphatic carbocycles. The van der Waals surface area contributed by atoms with Gasteiger partial charge in [0, 0.05) is 28.4 Å². The number of hydrogen-bond donors (Lipinski definition) is 1. The Morgan fingerprint density at radius 3 is 2.67 bits per heavy atom. The molecule has 0 atom stereocenters. The predicted octanol–water partition coefficient (Wildman–Crippen LogP) is 4.11. The number of pyridine rings is 1. The van der Waals surface area contributed by atoms with E-state index in [1.165, 1.54) is 18.2 Å². The van der Waals surface area contributed by atoms with Gasteiger partial charge in [-0.25, -0.2) is 4.98 Å². The Morgan fingerprint density at radius 1 is 1.25 bits per heavy atom. The van der Waals surface area contributed by atoms with Crippen molar-refractivity contribution in [3.8, 4) is 0 Å². The molecule has 2 heterocycles. The molecule has 24 heavy (non-hydrogen) atoms. The van der Waals surface area contributed by atoms with Gasteiger partial charge in [0.15, 0.2) is 0 Å². The summed E-state index contributed by atoms with van der Waals surface area (Å²) in [5.41, 5.74) is 1.02. The largest absolute Gasteiger partial charge is 0.315 e. The fourth-order valence-electron chi connectivity index (χ4n) is 2.35. The van der Waals surface area contributed by atoms with Crippen LogP contribution in [-0.2, 0) is 0 Å². The molecule has 0 aliphatic rings. The number of carbonyl (C=O) groups excluding carboxylic acids is 1. The molecule has 3 aromatic rings. The van der Waals surface area contributed by atoms with Gasteiger partial charge < -0.3 is 5.32 Å². The topological polar surface area (TPSA) is 89.5 Å². The first kappa shape index (κ1) is 16.2. The minimum atomic E-state index is -0.609. The Hall–Kier alpha value is -2.64. The maximum Gasteiger partial charge on any atom is 0.294 e. The first-order valence-electron chi connectivity index (χ1n) is 6.76. The van der Waals surface area contributed by atoms with E-state index in [4.69, 9.17) is 23.2 Å². The van der Waals surface area contributed by atoms with E-state index in [0.717, 1.165) is 0 Å². The lowest BCUT2D eigenvalue weighted by Crippen LogP contribution is -2.16. The van der Waals surface area contributed by atoms with Crippen molar-refractivity contribution < 1.29 is 9.72 Å². The van der Waals surface area contributed by atoms with E-state index < -0.39 is 10.8 Å². The summed E-state index contributed by atoms with van der Waals surface area (Å²) in [6, 6.07) is 7.27. The highest BCUT2D eigenvalue weighted by atomic mass is 35.5. The SMILES string of the molecule is Cc1nc2cc(Cl)ccn2c1C(=O)Nc1ccc(Cl)cc1[N+](=O)[O-]. The summed E-state index contributed by atoms with van der Waals surface area (Å²) in [4.78, 5) is 27.4. The van der Waals surface area contributed by atoms with Crippen molar-refractivity contribution in [3.63, 3.8) is 0 Å². The van der Waals surface area contributed by atoms with E-state index in [-0.39, 0.29) is 22.1 Å². The van der Waals surface area contributed by atoms with Gasteiger partial charge in [-0.15, -0.1) is 0 Å². The highest BCUT2D eigenvalue weighted by molar-refractivity contribution is 6.31. The molecule has 122 valence electrons. The maximum absolute atomic E-state index is 12.6. The molecule has 0 fully saturated rings. The van der Waals surface area contributed by atoms with Gasteiger partial charge in [-0.3, -0.25) is 19.3 Å². The van der Waals surface area contributed by atoms with E-state index in [9.17, 15) is 14.9 Å². The molecule has 0 saturated carbocycles. The summed E-state index contributed by atoms with van der Waals surface area (Å²) in [5, 5.41) is 14.4. The third-order valence-corrected chi connectivity index (χ3v) is 3.85. The van der Waals surface area contributed by atoms with Crippen molar-refractivity contribution in [2.45, 2.75) is 6.92 Å². The average Bonchev–Trinajstić information content (AvgIpc) is 2.83. The number of nitrogens with zero attached hydrogens (tertiary/aromatic N) is 3. The molecule has 0 bridgehead atoms. The molecule has 7 nitrogen and oxygen atoms in total. The van der Waals surface area contributed by atoms with E-state index in [2.05, 4.69) is 10.3 Å². The highest BCUT2D eigenvalue weighted by Gasteiger charge is 2.21. The molecule has 0 aliphatic heterocycles. The number of nitro groups is 1. The first-order valence-corrected chi connectivity index (χ1v) is 7.52. The molecule has 9 heteroatoms. The summed E-state index contributed by atoms with van der Waals surface area (Å²) in [7, 11) is 0. The number of aromatic nitrogens is 2. The number of benzene rings is 1. The van der Waals surface area contributed by atoms with Gasteiger partial charge >= 0.3 is 0 Å². The Morgan fingerprint density at radius 2 is 1.96 bits per heavy atom. The smallest absolute Gasteiger partial charge is 0.294 e. The molecular weight excluding hydrogens is 355 g/mol. The van der Waals surface area contributed by atoms with Crippen LogP contribution < -0.4 is 5.32 Å². The highest BCUT2D eigenvalue weighted by Crippen LogP contribution is 2.28. The molecule has 1 amide bonds. The number of rotatable bonds is 3. The van der Waals surface area contributed by atoms with Crippen molar-refractivity contribution in [1.82, 2.24) is 9.38 Å². The zero-order chi connectivity index (χ0) is 17.4. The Labute approximate surface area is 146 Å². The van der Waals surface area contributed by atoms with E-state index >= 15 is 0 Å². The minimum absolute atomic E-state index is 0.0534. The minimum Gasteiger partial charge on any atom is -0.315 e. The number of nitro benzene ring substituents is 1. The summed E-state index contributed by atoms with van der Waals surface area (Å²) < 4.78 is 1.57. The molecule has 1 N–H and O–H groups in total. The Kier molecular flexibility index (Phi) is 4.13. The number of hydrogen-bond acceptors (Lipinski definition) is 4. The Bertz CT molecular complexity index is 984. The van der Waals surface area contributed by atoms with Crippen LogP contribution in [0.5, 0.6) is 0 Å². The van der Waals surface area contributed by atoms with Gasteiger partial charge in [0.2, 0.25) is 0 Å². The lowest BCUT2D eigenvalue weighted by molar-refractivity contribution is -0.383. The molecule has 0 spiro atoms. The number of imidazole rings is 1. The van der Waals surface area contributed by atoms with Crippen LogP contribution >= 0.6 is 23.2 Å². The summed E-state index contributed by atoms with van der Waals surface area (Å²) in [6.45, 7) is 1.67. The van der Waals surface area contributed by atoms with Crippen molar-refractivity contribution in [3.05, 3.63) is 68.1 Å². The van der Waals surface area contributed by atoms with Crippen molar-refractivity contribution in [1.29, 1.82) is 0 Å². The van der Waals surface area contributed by atoms with Gasteiger partial charge in [-0.2, -0.15) is 0 Å². The molecule has 0 saturated heterocycles. The number of halogens is 2. The molecule has 2 aromatic heterocycles. The third-order valence-electron chi connectivity index (χ3n) is 3.38. The second kappa shape index (κ2) is 6.10. The monoisotopic (exact) mass is 364 g/mol. The third kappa shape index (κ3) is 2.91. The van der Waals surface area contributed by atoms with Crippen LogP contribution in [0.15, 0.2) is 36.5 Å². The van der Waals surface area contributed by atoms with Gasteiger partial charge in [-0.05, 0) is 25.1 Å². The summed E-state index contributed by atoms with van der Waals surface area (Å²) >= 11 is 11.7. The lowest BCUT2D eigenvalue weighted by atomic mass is 10.2. The fourth-order valence-corrected chi connectivity index (χ4v) is 2.67. The molecule has 1 aromatic carbocycles. The van der Waals surface area contributed by atoms with Crippen LogP contribution in [-0.4, -0.2) is 20.2 Å². The van der Waals surface area contributed by atoms with Gasteiger partial charge in [-0.1, -0.05) is 23.2 Å². The zero-order valence-electron chi connectivity index (χ0n) is 12.3. The van der Waals surface area contributed by atoms with Crippen LogP contribution in [0.4, 0.5) is 11.4 Å². The predicted molar refractivity (Wildman–Crippen MR) is 91.0 cm³/mol. The quantitative estimate of drug-likeness (QED) is 0.559. The number of amides is 1. The first-order chi connectivity index (χ1) is 11.4. The van der Waals surface area contributed by atoms with Gasteiger partial charge in [0.1, 0.15) is 17.0 Å². The van der Waals surface area contributed by atoms with E-state index in [1.54, 1.807) is 29.7 Å². The standard InChI is InChI=1S/C15H10Cl2N4O3/c1-8-14(20-5-4-10(17)7-13(20)18-8)15(22)19-11-3-2-9(16)6-12(11)21(23)24/h2-7H,1H3,(H,19,22). The normalized spacial score (nSPS) is 10.8. The lowest BCUT2D eigenvalue weighted by Gasteiger charge is -2.07. The van der Waals surface area contributed by atoms with Crippen LogP contribution in [0.2, 0.25) is 10.0 Å². The summed E-state index contributed by atoms with van der Waals surface area (Å²) in [6.07, 6.45) is 1.61. The van der Waals surface area contributed by atoms with Gasteiger partial charge in [0.05, 0.1) is 10.6 Å². The van der Waals surface area contributed by atoms with Crippen molar-refractivity contribution >= 4 is 46.1 Å².